The summed E-state index contributed by atoms with van der Waals surface area (Å²) in [7, 11) is 3.63. The molecule has 0 radical (unpaired) electrons. The van der Waals surface area contributed by atoms with Gasteiger partial charge in [-0.25, -0.2) is 9.97 Å². The van der Waals surface area contributed by atoms with Crippen molar-refractivity contribution in [2.45, 2.75) is 38.8 Å². The first-order valence-electron chi connectivity index (χ1n) is 9.23. The maximum atomic E-state index is 4.65. The number of anilines is 1. The van der Waals surface area contributed by atoms with Crippen molar-refractivity contribution in [1.82, 2.24) is 30.4 Å². The minimum absolute atomic E-state index is 0.572. The molecule has 0 amide bonds. The summed E-state index contributed by atoms with van der Waals surface area (Å²) in [4.78, 5) is 15.5. The van der Waals surface area contributed by atoms with Gasteiger partial charge < -0.3 is 15.5 Å². The molecule has 0 atom stereocenters. The molecule has 0 aliphatic carbocycles. The van der Waals surface area contributed by atoms with E-state index in [0.29, 0.717) is 13.1 Å². The second-order valence-corrected chi connectivity index (χ2v) is 6.51. The number of pyridine rings is 1. The monoisotopic (exact) mass is 356 g/mol. The second-order valence-electron chi connectivity index (χ2n) is 6.51. The minimum Gasteiger partial charge on any atom is -0.357 e. The van der Waals surface area contributed by atoms with Crippen LogP contribution >= 0.6 is 0 Å². The fourth-order valence-electron chi connectivity index (χ4n) is 3.06. The zero-order valence-corrected chi connectivity index (χ0v) is 15.6. The molecule has 0 aromatic carbocycles. The van der Waals surface area contributed by atoms with Crippen LogP contribution in [0.25, 0.3) is 0 Å². The first-order chi connectivity index (χ1) is 12.8. The summed E-state index contributed by atoms with van der Waals surface area (Å²) in [6.45, 7) is 3.47. The standard InChI is InChI=1S/C18H28N8/c1-19-18(22-13-17-23-14-24-25(17)2)21-12-15-7-8-16(20-11-15)26-9-5-3-4-6-10-26/h7-8,11,14H,3-6,9-10,12-13H2,1-2H3,(H2,19,21,22). The summed E-state index contributed by atoms with van der Waals surface area (Å²) in [5.74, 6) is 2.67. The van der Waals surface area contributed by atoms with Crippen LogP contribution in [-0.4, -0.2) is 45.8 Å². The molecule has 0 saturated carbocycles. The number of guanidine groups is 1. The molecule has 2 aromatic heterocycles. The zero-order valence-electron chi connectivity index (χ0n) is 15.6. The first-order valence-corrected chi connectivity index (χ1v) is 9.23. The van der Waals surface area contributed by atoms with E-state index in [4.69, 9.17) is 0 Å². The van der Waals surface area contributed by atoms with Gasteiger partial charge in [0.15, 0.2) is 5.96 Å². The summed E-state index contributed by atoms with van der Waals surface area (Å²) < 4.78 is 1.74. The molecule has 1 fully saturated rings. The lowest BCUT2D eigenvalue weighted by atomic mass is 10.2. The van der Waals surface area contributed by atoms with Crippen molar-refractivity contribution >= 4 is 11.8 Å². The molecule has 0 unspecified atom stereocenters. The van der Waals surface area contributed by atoms with Crippen LogP contribution in [0.15, 0.2) is 29.6 Å². The van der Waals surface area contributed by atoms with E-state index in [2.05, 4.69) is 47.7 Å². The molecule has 2 aromatic rings. The van der Waals surface area contributed by atoms with Gasteiger partial charge in [-0.3, -0.25) is 9.67 Å². The molecule has 8 heteroatoms. The van der Waals surface area contributed by atoms with Crippen LogP contribution in [0.3, 0.4) is 0 Å². The van der Waals surface area contributed by atoms with E-state index in [-0.39, 0.29) is 0 Å². The summed E-state index contributed by atoms with van der Waals surface area (Å²) in [5.41, 5.74) is 1.13. The van der Waals surface area contributed by atoms with E-state index in [1.54, 1.807) is 18.1 Å². The molecule has 3 heterocycles. The van der Waals surface area contributed by atoms with Gasteiger partial charge in [0, 0.05) is 39.9 Å². The van der Waals surface area contributed by atoms with E-state index in [9.17, 15) is 0 Å². The van der Waals surface area contributed by atoms with E-state index in [0.717, 1.165) is 36.3 Å². The molecule has 26 heavy (non-hydrogen) atoms. The van der Waals surface area contributed by atoms with Crippen molar-refractivity contribution in [2.24, 2.45) is 12.0 Å². The van der Waals surface area contributed by atoms with Gasteiger partial charge in [0.1, 0.15) is 18.0 Å². The fourth-order valence-corrected chi connectivity index (χ4v) is 3.06. The van der Waals surface area contributed by atoms with Gasteiger partial charge in [-0.2, -0.15) is 5.10 Å². The van der Waals surface area contributed by atoms with Crippen LogP contribution in [0.2, 0.25) is 0 Å². The smallest absolute Gasteiger partial charge is 0.191 e. The van der Waals surface area contributed by atoms with E-state index >= 15 is 0 Å². The Bertz CT molecular complexity index is 698. The van der Waals surface area contributed by atoms with Crippen LogP contribution < -0.4 is 15.5 Å². The average Bonchev–Trinajstić information content (AvgIpc) is 2.91. The molecular weight excluding hydrogens is 328 g/mol. The molecule has 140 valence electrons. The Morgan fingerprint density at radius 3 is 2.46 bits per heavy atom. The Kier molecular flexibility index (Phi) is 6.40. The number of nitrogens with zero attached hydrogens (tertiary/aromatic N) is 6. The number of aliphatic imine (C=N–C) groups is 1. The molecule has 1 aliphatic heterocycles. The molecule has 1 aliphatic rings. The number of rotatable bonds is 5. The Morgan fingerprint density at radius 1 is 1.08 bits per heavy atom. The van der Waals surface area contributed by atoms with Crippen LogP contribution in [0.1, 0.15) is 37.1 Å². The number of aromatic nitrogens is 4. The quantitative estimate of drug-likeness (QED) is 0.623. The molecule has 1 saturated heterocycles. The van der Waals surface area contributed by atoms with E-state index < -0.39 is 0 Å². The van der Waals surface area contributed by atoms with Crippen molar-refractivity contribution in [3.63, 3.8) is 0 Å². The second kappa shape index (κ2) is 9.17. The first kappa shape index (κ1) is 18.2. The van der Waals surface area contributed by atoms with Crippen molar-refractivity contribution in [2.75, 3.05) is 25.0 Å². The van der Waals surface area contributed by atoms with Crippen molar-refractivity contribution in [1.29, 1.82) is 0 Å². The van der Waals surface area contributed by atoms with Crippen LogP contribution in [-0.2, 0) is 20.1 Å². The Balaban J connectivity index is 1.49. The summed E-state index contributed by atoms with van der Waals surface area (Å²) in [6, 6.07) is 4.26. The van der Waals surface area contributed by atoms with Gasteiger partial charge in [-0.05, 0) is 24.5 Å². The highest BCUT2D eigenvalue weighted by atomic mass is 15.3. The largest absolute Gasteiger partial charge is 0.357 e. The molecule has 3 rings (SSSR count). The molecule has 8 nitrogen and oxygen atoms in total. The lowest BCUT2D eigenvalue weighted by molar-refractivity contribution is 0.672. The van der Waals surface area contributed by atoms with E-state index in [1.807, 2.05) is 13.2 Å². The van der Waals surface area contributed by atoms with Crippen molar-refractivity contribution < 1.29 is 0 Å². The highest BCUT2D eigenvalue weighted by Crippen LogP contribution is 2.17. The predicted molar refractivity (Wildman–Crippen MR) is 103 cm³/mol. The third-order valence-corrected chi connectivity index (χ3v) is 4.64. The molecule has 2 N–H and O–H groups in total. The third-order valence-electron chi connectivity index (χ3n) is 4.64. The summed E-state index contributed by atoms with van der Waals surface area (Å²) in [5, 5.41) is 10.6. The molecule has 0 spiro atoms. The van der Waals surface area contributed by atoms with Gasteiger partial charge in [-0.1, -0.05) is 18.9 Å². The topological polar surface area (TPSA) is 83.3 Å². The number of hydrogen-bond acceptors (Lipinski definition) is 5. The van der Waals surface area contributed by atoms with Gasteiger partial charge >= 0.3 is 0 Å². The van der Waals surface area contributed by atoms with E-state index in [1.165, 1.54) is 25.7 Å². The van der Waals surface area contributed by atoms with Crippen LogP contribution in [0.5, 0.6) is 0 Å². The average molecular weight is 356 g/mol. The summed E-state index contributed by atoms with van der Waals surface area (Å²) in [6.07, 6.45) is 8.68. The zero-order chi connectivity index (χ0) is 18.2. The molecular formula is C18H28N8. The summed E-state index contributed by atoms with van der Waals surface area (Å²) >= 11 is 0. The maximum Gasteiger partial charge on any atom is 0.191 e. The third kappa shape index (κ3) is 4.93. The number of aryl methyl sites for hydroxylation is 1. The predicted octanol–water partition coefficient (Wildman–Crippen LogP) is 1.46. The minimum atomic E-state index is 0.572. The lowest BCUT2D eigenvalue weighted by Gasteiger charge is -2.21. The SMILES string of the molecule is CN=C(NCc1ccc(N2CCCCCC2)nc1)NCc1ncnn1C. The number of nitrogens with one attached hydrogen (secondary N) is 2. The van der Waals surface area contributed by atoms with Crippen molar-refractivity contribution in [3.05, 3.63) is 36.0 Å². The fraction of sp³-hybridized carbons (Fsp3) is 0.556. The van der Waals surface area contributed by atoms with Crippen molar-refractivity contribution in [3.8, 4) is 0 Å². The van der Waals surface area contributed by atoms with Crippen LogP contribution in [0.4, 0.5) is 5.82 Å². The maximum absolute atomic E-state index is 4.65. The van der Waals surface area contributed by atoms with Crippen LogP contribution in [0, 0.1) is 0 Å². The van der Waals surface area contributed by atoms with Gasteiger partial charge in [0.2, 0.25) is 0 Å². The van der Waals surface area contributed by atoms with Gasteiger partial charge in [0.05, 0.1) is 6.54 Å². The Morgan fingerprint density at radius 2 is 1.85 bits per heavy atom. The van der Waals surface area contributed by atoms with Gasteiger partial charge in [-0.15, -0.1) is 0 Å². The normalized spacial score (nSPS) is 15.6. The number of hydrogen-bond donors (Lipinski definition) is 2. The van der Waals surface area contributed by atoms with Gasteiger partial charge in [0.25, 0.3) is 0 Å². The highest BCUT2D eigenvalue weighted by molar-refractivity contribution is 5.79. The molecule has 0 bridgehead atoms. The Hall–Kier alpha value is -2.64. The highest BCUT2D eigenvalue weighted by Gasteiger charge is 2.11. The Labute approximate surface area is 154 Å². The lowest BCUT2D eigenvalue weighted by Crippen LogP contribution is -2.37.